The van der Waals surface area contributed by atoms with E-state index in [1.54, 1.807) is 55.6 Å². The Labute approximate surface area is 239 Å². The maximum Gasteiger partial charge on any atom is 0.266 e. The van der Waals surface area contributed by atoms with Crippen LogP contribution in [0.15, 0.2) is 60.2 Å². The van der Waals surface area contributed by atoms with Crippen LogP contribution in [0.3, 0.4) is 0 Å². The summed E-state index contributed by atoms with van der Waals surface area (Å²) in [6.45, 7) is 3.78. The smallest absolute Gasteiger partial charge is 0.266 e. The second kappa shape index (κ2) is 13.7. The van der Waals surface area contributed by atoms with E-state index in [9.17, 15) is 14.9 Å². The van der Waals surface area contributed by atoms with E-state index in [1.165, 1.54) is 6.08 Å². The van der Waals surface area contributed by atoms with Crippen molar-refractivity contribution in [3.05, 3.63) is 79.9 Å². The van der Waals surface area contributed by atoms with Crippen LogP contribution in [0.2, 0.25) is 5.02 Å². The monoisotopic (exact) mass is 645 g/mol. The zero-order valence-corrected chi connectivity index (χ0v) is 23.8. The van der Waals surface area contributed by atoms with E-state index >= 15 is 0 Å². The van der Waals surface area contributed by atoms with E-state index in [2.05, 4.69) is 33.2 Å². The van der Waals surface area contributed by atoms with Gasteiger partial charge in [-0.1, -0.05) is 17.7 Å². The van der Waals surface area contributed by atoms with Gasteiger partial charge in [0.05, 0.1) is 17.3 Å². The molecule has 0 aliphatic carbocycles. The number of anilines is 2. The number of nitrogens with one attached hydrogen (secondary N) is 2. The Bertz CT molecular complexity index is 1400. The summed E-state index contributed by atoms with van der Waals surface area (Å²) in [6, 6.07) is 17.3. The predicted octanol–water partition coefficient (Wildman–Crippen LogP) is 6.22. The molecule has 0 atom stereocenters. The average Bonchev–Trinajstić information content (AvgIpc) is 2.89. The number of hydrogen-bond donors (Lipinski definition) is 2. The van der Waals surface area contributed by atoms with Gasteiger partial charge in [-0.05, 0) is 102 Å². The number of benzene rings is 3. The van der Waals surface area contributed by atoms with Gasteiger partial charge >= 0.3 is 0 Å². The number of carbonyl (C=O) groups is 2. The first-order valence-electron chi connectivity index (χ1n) is 11.5. The van der Waals surface area contributed by atoms with Gasteiger partial charge in [0.25, 0.3) is 11.8 Å². The van der Waals surface area contributed by atoms with Crippen LogP contribution in [-0.2, 0) is 9.59 Å². The van der Waals surface area contributed by atoms with Gasteiger partial charge in [0.1, 0.15) is 17.4 Å². The lowest BCUT2D eigenvalue weighted by molar-refractivity contribution is -0.118. The largest absolute Gasteiger partial charge is 0.497 e. The zero-order valence-electron chi connectivity index (χ0n) is 20.9. The molecule has 2 N–H and O–H groups in total. The Morgan fingerprint density at radius 2 is 1.76 bits per heavy atom. The van der Waals surface area contributed by atoms with Crippen LogP contribution < -0.4 is 24.8 Å². The van der Waals surface area contributed by atoms with Crippen molar-refractivity contribution in [2.24, 2.45) is 0 Å². The highest BCUT2D eigenvalue weighted by molar-refractivity contribution is 14.1. The molecule has 0 heterocycles. The minimum Gasteiger partial charge on any atom is -0.497 e. The van der Waals surface area contributed by atoms with Gasteiger partial charge in [-0.15, -0.1) is 0 Å². The number of amides is 2. The molecular formula is C28H25ClIN3O5. The average molecular weight is 646 g/mol. The molecule has 0 radical (unpaired) electrons. The molecule has 38 heavy (non-hydrogen) atoms. The zero-order chi connectivity index (χ0) is 27.7. The highest BCUT2D eigenvalue weighted by Gasteiger charge is 2.16. The number of carbonyl (C=O) groups excluding carboxylic acids is 2. The Kier molecular flexibility index (Phi) is 10.4. The third-order valence-corrected chi connectivity index (χ3v) is 6.37. The van der Waals surface area contributed by atoms with Crippen LogP contribution in [0.25, 0.3) is 6.08 Å². The third kappa shape index (κ3) is 7.87. The molecule has 0 saturated heterocycles. The normalized spacial score (nSPS) is 10.8. The van der Waals surface area contributed by atoms with Gasteiger partial charge in [0.2, 0.25) is 0 Å². The van der Waals surface area contributed by atoms with Crippen LogP contribution in [0.5, 0.6) is 17.2 Å². The van der Waals surface area contributed by atoms with Crippen molar-refractivity contribution in [2.75, 3.05) is 31.0 Å². The highest BCUT2D eigenvalue weighted by Crippen LogP contribution is 2.35. The quantitative estimate of drug-likeness (QED) is 0.154. The van der Waals surface area contributed by atoms with Gasteiger partial charge in [-0.3, -0.25) is 9.59 Å². The number of aryl methyl sites for hydroxylation is 1. The second-order valence-electron chi connectivity index (χ2n) is 7.92. The molecule has 0 aliphatic heterocycles. The first-order valence-corrected chi connectivity index (χ1v) is 12.9. The summed E-state index contributed by atoms with van der Waals surface area (Å²) < 4.78 is 17.3. The SMILES string of the molecule is CCOc1cc(/C=C(/C#N)C(=O)Nc2ccc(OC)cc2)cc(I)c1OCC(=O)Nc1ccc(C)c(Cl)c1. The Morgan fingerprint density at radius 3 is 2.39 bits per heavy atom. The number of rotatable bonds is 10. The standard InChI is InChI=1S/C28H25ClIN3O5/c1-4-37-25-13-18(11-19(15-31)28(35)33-20-7-9-22(36-3)10-8-20)12-24(30)27(25)38-16-26(34)32-21-6-5-17(2)23(29)14-21/h5-14H,4,16H2,1-3H3,(H,32,34)(H,33,35)/b19-11-. The summed E-state index contributed by atoms with van der Waals surface area (Å²) in [5.41, 5.74) is 2.46. The minimum atomic E-state index is -0.557. The molecule has 0 aliphatic rings. The molecule has 0 aromatic heterocycles. The molecule has 8 nitrogen and oxygen atoms in total. The number of halogens is 2. The fourth-order valence-electron chi connectivity index (χ4n) is 3.27. The van der Waals surface area contributed by atoms with E-state index in [0.29, 0.717) is 49.4 Å². The van der Waals surface area contributed by atoms with Crippen molar-refractivity contribution in [3.8, 4) is 23.3 Å². The van der Waals surface area contributed by atoms with Crippen molar-refractivity contribution >= 4 is 63.5 Å². The van der Waals surface area contributed by atoms with Crippen LogP contribution >= 0.6 is 34.2 Å². The molecule has 10 heteroatoms. The number of nitrogens with zero attached hydrogens (tertiary/aromatic N) is 1. The molecule has 196 valence electrons. The van der Waals surface area contributed by atoms with E-state index in [1.807, 2.05) is 26.0 Å². The number of ether oxygens (including phenoxy) is 3. The molecule has 0 unspecified atom stereocenters. The summed E-state index contributed by atoms with van der Waals surface area (Å²) in [5.74, 6) is 0.483. The minimum absolute atomic E-state index is 0.0936. The molecule has 0 bridgehead atoms. The lowest BCUT2D eigenvalue weighted by Crippen LogP contribution is -2.20. The van der Waals surface area contributed by atoms with Crippen molar-refractivity contribution in [1.82, 2.24) is 0 Å². The highest BCUT2D eigenvalue weighted by atomic mass is 127. The molecular weight excluding hydrogens is 621 g/mol. The number of hydrogen-bond acceptors (Lipinski definition) is 6. The maximum absolute atomic E-state index is 12.7. The Hall–Kier alpha value is -3.75. The summed E-state index contributed by atoms with van der Waals surface area (Å²) in [4.78, 5) is 25.1. The lowest BCUT2D eigenvalue weighted by atomic mass is 10.1. The van der Waals surface area contributed by atoms with Crippen molar-refractivity contribution in [3.63, 3.8) is 0 Å². The second-order valence-corrected chi connectivity index (χ2v) is 9.49. The number of methoxy groups -OCH3 is 1. The molecule has 2 amide bonds. The van der Waals surface area contributed by atoms with Gasteiger partial charge in [-0.25, -0.2) is 0 Å². The van der Waals surface area contributed by atoms with Crippen LogP contribution in [-0.4, -0.2) is 32.1 Å². The molecule has 3 aromatic carbocycles. The molecule has 0 saturated carbocycles. The Morgan fingerprint density at radius 1 is 1.05 bits per heavy atom. The molecule has 0 spiro atoms. The van der Waals surface area contributed by atoms with Crippen LogP contribution in [0.1, 0.15) is 18.1 Å². The molecule has 3 rings (SSSR count). The maximum atomic E-state index is 12.7. The van der Waals surface area contributed by atoms with Crippen LogP contribution in [0.4, 0.5) is 11.4 Å². The molecule has 3 aromatic rings. The van der Waals surface area contributed by atoms with E-state index in [4.69, 9.17) is 25.8 Å². The van der Waals surface area contributed by atoms with Crippen LogP contribution in [0, 0.1) is 21.8 Å². The topological polar surface area (TPSA) is 110 Å². The fraction of sp³-hybridized carbons (Fsp3) is 0.179. The lowest BCUT2D eigenvalue weighted by Gasteiger charge is -2.15. The van der Waals surface area contributed by atoms with Crippen molar-refractivity contribution in [1.29, 1.82) is 5.26 Å². The van der Waals surface area contributed by atoms with Crippen molar-refractivity contribution in [2.45, 2.75) is 13.8 Å². The number of nitriles is 1. The third-order valence-electron chi connectivity index (χ3n) is 5.16. The van der Waals surface area contributed by atoms with E-state index in [0.717, 1.165) is 5.56 Å². The van der Waals surface area contributed by atoms with Gasteiger partial charge < -0.3 is 24.8 Å². The molecule has 0 fully saturated rings. The summed E-state index contributed by atoms with van der Waals surface area (Å²) in [7, 11) is 1.55. The van der Waals surface area contributed by atoms with Gasteiger partial charge in [0, 0.05) is 16.4 Å². The Balaban J connectivity index is 1.75. The summed E-state index contributed by atoms with van der Waals surface area (Å²) in [6.07, 6.45) is 1.46. The van der Waals surface area contributed by atoms with Crippen molar-refractivity contribution < 1.29 is 23.8 Å². The van der Waals surface area contributed by atoms with E-state index < -0.39 is 5.91 Å². The summed E-state index contributed by atoms with van der Waals surface area (Å²) in [5, 5.41) is 15.6. The van der Waals surface area contributed by atoms with E-state index in [-0.39, 0.29) is 18.1 Å². The first kappa shape index (κ1) is 28.8. The predicted molar refractivity (Wildman–Crippen MR) is 156 cm³/mol. The van der Waals surface area contributed by atoms with Gasteiger partial charge in [0.15, 0.2) is 18.1 Å². The first-order chi connectivity index (χ1) is 18.2. The summed E-state index contributed by atoms with van der Waals surface area (Å²) >= 11 is 8.18. The van der Waals surface area contributed by atoms with Gasteiger partial charge in [-0.2, -0.15) is 5.26 Å². The fourth-order valence-corrected chi connectivity index (χ4v) is 4.23.